The van der Waals surface area contributed by atoms with Crippen LogP contribution >= 0.6 is 0 Å². The molecule has 0 spiro atoms. The second-order valence-corrected chi connectivity index (χ2v) is 7.50. The molecule has 1 fully saturated rings. The van der Waals surface area contributed by atoms with E-state index in [1.54, 1.807) is 0 Å². The van der Waals surface area contributed by atoms with Crippen molar-refractivity contribution in [3.05, 3.63) is 35.9 Å². The molecular formula is C19H29FN2O2. The Labute approximate surface area is 144 Å². The Morgan fingerprint density at radius 1 is 1.25 bits per heavy atom. The summed E-state index contributed by atoms with van der Waals surface area (Å²) in [4.78, 5) is 12.0. The topological polar surface area (TPSA) is 50.4 Å². The average Bonchev–Trinajstić information content (AvgIpc) is 2.66. The molecule has 3 atom stereocenters. The van der Waals surface area contributed by atoms with Crippen LogP contribution in [0.25, 0.3) is 0 Å². The zero-order valence-corrected chi connectivity index (χ0v) is 14.8. The minimum Gasteiger partial charge on any atom is -0.444 e. The predicted molar refractivity (Wildman–Crippen MR) is 93.6 cm³/mol. The maximum atomic E-state index is 14.4. The Hall–Kier alpha value is -1.62. The number of alkyl halides is 1. The van der Waals surface area contributed by atoms with Crippen LogP contribution in [0.4, 0.5) is 9.18 Å². The Kier molecular flexibility index (Phi) is 6.60. The van der Waals surface area contributed by atoms with Gasteiger partial charge in [-0.2, -0.15) is 0 Å². The van der Waals surface area contributed by atoms with Gasteiger partial charge in [0.05, 0.1) is 0 Å². The SMILES string of the molecule is CC(C)(C)OC(=O)N[C@@H]1CCC[C@H](F)[C@H](NCc2ccccc2)C1. The van der Waals surface area contributed by atoms with Crippen molar-refractivity contribution < 1.29 is 13.9 Å². The largest absolute Gasteiger partial charge is 0.444 e. The number of hydrogen-bond donors (Lipinski definition) is 2. The van der Waals surface area contributed by atoms with Crippen molar-refractivity contribution in [3.63, 3.8) is 0 Å². The van der Waals surface area contributed by atoms with Gasteiger partial charge < -0.3 is 15.4 Å². The molecule has 24 heavy (non-hydrogen) atoms. The Morgan fingerprint density at radius 2 is 1.96 bits per heavy atom. The second kappa shape index (κ2) is 8.47. The molecule has 1 aromatic rings. The number of rotatable bonds is 4. The first kappa shape index (κ1) is 18.7. The Balaban J connectivity index is 1.89. The smallest absolute Gasteiger partial charge is 0.407 e. The van der Waals surface area contributed by atoms with E-state index in [4.69, 9.17) is 4.74 Å². The van der Waals surface area contributed by atoms with Gasteiger partial charge in [-0.05, 0) is 52.0 Å². The molecule has 1 aliphatic carbocycles. The van der Waals surface area contributed by atoms with E-state index >= 15 is 0 Å². The van der Waals surface area contributed by atoms with Crippen LogP contribution in [0.3, 0.4) is 0 Å². The number of hydrogen-bond acceptors (Lipinski definition) is 3. The Bertz CT molecular complexity index is 516. The first-order chi connectivity index (χ1) is 11.3. The third kappa shape index (κ3) is 6.48. The number of alkyl carbamates (subject to hydrolysis) is 1. The third-order valence-corrected chi connectivity index (χ3v) is 4.14. The van der Waals surface area contributed by atoms with Crippen LogP contribution < -0.4 is 10.6 Å². The van der Waals surface area contributed by atoms with Gasteiger partial charge in [0.2, 0.25) is 0 Å². The van der Waals surface area contributed by atoms with Gasteiger partial charge in [-0.1, -0.05) is 30.3 Å². The van der Waals surface area contributed by atoms with Gasteiger partial charge in [0.1, 0.15) is 11.8 Å². The summed E-state index contributed by atoms with van der Waals surface area (Å²) in [6.07, 6.45) is 1.34. The Morgan fingerprint density at radius 3 is 2.62 bits per heavy atom. The summed E-state index contributed by atoms with van der Waals surface area (Å²) in [6, 6.07) is 9.64. The van der Waals surface area contributed by atoms with Gasteiger partial charge in [-0.15, -0.1) is 0 Å². The van der Waals surface area contributed by atoms with Gasteiger partial charge in [0.25, 0.3) is 0 Å². The maximum Gasteiger partial charge on any atom is 0.407 e. The third-order valence-electron chi connectivity index (χ3n) is 4.14. The molecule has 0 saturated heterocycles. The molecule has 134 valence electrons. The highest BCUT2D eigenvalue weighted by Gasteiger charge is 2.29. The van der Waals surface area contributed by atoms with E-state index in [1.165, 1.54) is 0 Å². The summed E-state index contributed by atoms with van der Waals surface area (Å²) in [5.74, 6) is 0. The van der Waals surface area contributed by atoms with Crippen molar-refractivity contribution in [2.75, 3.05) is 0 Å². The molecule has 0 bridgehead atoms. The maximum absolute atomic E-state index is 14.4. The molecule has 1 aliphatic rings. The first-order valence-electron chi connectivity index (χ1n) is 8.74. The van der Waals surface area contributed by atoms with Crippen molar-refractivity contribution in [1.29, 1.82) is 0 Å². The zero-order chi connectivity index (χ0) is 17.6. The van der Waals surface area contributed by atoms with Crippen molar-refractivity contribution in [2.45, 2.75) is 76.9 Å². The van der Waals surface area contributed by atoms with Crippen LogP contribution in [0.1, 0.15) is 52.0 Å². The summed E-state index contributed by atoms with van der Waals surface area (Å²) in [5, 5.41) is 6.21. The van der Waals surface area contributed by atoms with E-state index in [1.807, 2.05) is 51.1 Å². The minimum atomic E-state index is -0.890. The number of carbonyl (C=O) groups excluding carboxylic acids is 1. The lowest BCUT2D eigenvalue weighted by Crippen LogP contribution is -2.44. The lowest BCUT2D eigenvalue weighted by Gasteiger charge is -2.26. The summed E-state index contributed by atoms with van der Waals surface area (Å²) >= 11 is 0. The van der Waals surface area contributed by atoms with Gasteiger partial charge in [0.15, 0.2) is 0 Å². The summed E-state index contributed by atoms with van der Waals surface area (Å²) < 4.78 is 19.7. The fourth-order valence-corrected chi connectivity index (χ4v) is 2.99. The first-order valence-corrected chi connectivity index (χ1v) is 8.74. The van der Waals surface area contributed by atoms with Crippen molar-refractivity contribution in [3.8, 4) is 0 Å². The quantitative estimate of drug-likeness (QED) is 0.819. The van der Waals surface area contributed by atoms with Gasteiger partial charge in [0, 0.05) is 18.6 Å². The molecule has 2 rings (SSSR count). The summed E-state index contributed by atoms with van der Waals surface area (Å²) in [6.45, 7) is 6.13. The molecule has 0 heterocycles. The van der Waals surface area contributed by atoms with Gasteiger partial charge in [-0.25, -0.2) is 9.18 Å². The predicted octanol–water partition coefficient (Wildman–Crippen LogP) is 3.95. The van der Waals surface area contributed by atoms with E-state index in [9.17, 15) is 9.18 Å². The van der Waals surface area contributed by atoms with Crippen LogP contribution in [0, 0.1) is 0 Å². The number of nitrogens with one attached hydrogen (secondary N) is 2. The van der Waals surface area contributed by atoms with Gasteiger partial charge >= 0.3 is 6.09 Å². The lowest BCUT2D eigenvalue weighted by atomic mass is 10.0. The highest BCUT2D eigenvalue weighted by Crippen LogP contribution is 2.22. The van der Waals surface area contributed by atoms with Crippen LogP contribution in [-0.4, -0.2) is 29.9 Å². The molecule has 1 aromatic carbocycles. The second-order valence-electron chi connectivity index (χ2n) is 7.50. The van der Waals surface area contributed by atoms with E-state index in [0.717, 1.165) is 18.4 Å². The average molecular weight is 336 g/mol. The molecule has 1 saturated carbocycles. The summed E-state index contributed by atoms with van der Waals surface area (Å²) in [7, 11) is 0. The fraction of sp³-hybridized carbons (Fsp3) is 0.632. The van der Waals surface area contributed by atoms with Crippen molar-refractivity contribution in [2.24, 2.45) is 0 Å². The van der Waals surface area contributed by atoms with Crippen molar-refractivity contribution in [1.82, 2.24) is 10.6 Å². The standard InChI is InChI=1S/C19H29FN2O2/c1-19(2,3)24-18(23)22-15-10-7-11-16(20)17(12-15)21-13-14-8-5-4-6-9-14/h4-6,8-9,15-17,21H,7,10-13H2,1-3H3,(H,22,23)/t15-,16+,17-/m1/s1. The zero-order valence-electron chi connectivity index (χ0n) is 14.8. The van der Waals surface area contributed by atoms with Crippen LogP contribution in [0.5, 0.6) is 0 Å². The number of halogens is 1. The molecule has 2 N–H and O–H groups in total. The number of amides is 1. The van der Waals surface area contributed by atoms with Crippen LogP contribution in [0.15, 0.2) is 30.3 Å². The molecule has 5 heteroatoms. The normalized spacial score (nSPS) is 24.9. The van der Waals surface area contributed by atoms with E-state index in [-0.39, 0.29) is 12.1 Å². The number of ether oxygens (including phenoxy) is 1. The molecular weight excluding hydrogens is 307 g/mol. The van der Waals surface area contributed by atoms with Crippen LogP contribution in [0.2, 0.25) is 0 Å². The molecule has 0 unspecified atom stereocenters. The molecule has 4 nitrogen and oxygen atoms in total. The fourth-order valence-electron chi connectivity index (χ4n) is 2.99. The molecule has 0 radical (unpaired) electrons. The molecule has 0 aromatic heterocycles. The van der Waals surface area contributed by atoms with E-state index in [2.05, 4.69) is 10.6 Å². The lowest BCUT2D eigenvalue weighted by molar-refractivity contribution is 0.0496. The molecule has 1 amide bonds. The number of benzene rings is 1. The highest BCUT2D eigenvalue weighted by atomic mass is 19.1. The van der Waals surface area contributed by atoms with Crippen molar-refractivity contribution >= 4 is 6.09 Å². The van der Waals surface area contributed by atoms with Crippen LogP contribution in [-0.2, 0) is 11.3 Å². The summed E-state index contributed by atoms with van der Waals surface area (Å²) in [5.41, 5.74) is 0.605. The number of carbonyl (C=O) groups is 1. The van der Waals surface area contributed by atoms with E-state index in [0.29, 0.717) is 19.4 Å². The minimum absolute atomic E-state index is 0.0612. The van der Waals surface area contributed by atoms with E-state index < -0.39 is 17.9 Å². The molecule has 0 aliphatic heterocycles. The monoisotopic (exact) mass is 336 g/mol. The van der Waals surface area contributed by atoms with Gasteiger partial charge in [-0.3, -0.25) is 0 Å². The highest BCUT2D eigenvalue weighted by molar-refractivity contribution is 5.68.